The zero-order valence-electron chi connectivity index (χ0n) is 15.7. The SMILES string of the molecule is CC1(C)OB(C(F)=Cc2cn(-c3ccc4c(c3)OCCO4)nn2)OC1(C)C. The summed E-state index contributed by atoms with van der Waals surface area (Å²) in [7, 11) is -1.06. The number of fused-ring (bicyclic) bond motifs is 1. The second-order valence-electron chi connectivity index (χ2n) is 7.53. The van der Waals surface area contributed by atoms with Crippen LogP contribution in [0.4, 0.5) is 4.39 Å². The van der Waals surface area contributed by atoms with Crippen LogP contribution in [0.2, 0.25) is 0 Å². The number of benzene rings is 1. The van der Waals surface area contributed by atoms with Gasteiger partial charge >= 0.3 is 7.12 Å². The summed E-state index contributed by atoms with van der Waals surface area (Å²) >= 11 is 0. The molecule has 0 aliphatic carbocycles. The van der Waals surface area contributed by atoms with E-state index in [-0.39, 0.29) is 0 Å². The van der Waals surface area contributed by atoms with Gasteiger partial charge in [0.2, 0.25) is 0 Å². The zero-order chi connectivity index (χ0) is 19.2. The molecule has 0 spiro atoms. The first kappa shape index (κ1) is 18.0. The summed E-state index contributed by atoms with van der Waals surface area (Å²) in [5, 5.41) is 8.05. The van der Waals surface area contributed by atoms with Crippen molar-refractivity contribution in [3.05, 3.63) is 35.8 Å². The number of halogens is 1. The average molecular weight is 373 g/mol. The second kappa shape index (κ2) is 6.35. The molecule has 1 aromatic carbocycles. The van der Waals surface area contributed by atoms with Crippen LogP contribution in [0.1, 0.15) is 33.4 Å². The van der Waals surface area contributed by atoms with Gasteiger partial charge in [0.05, 0.1) is 23.1 Å². The Morgan fingerprint density at radius 3 is 2.48 bits per heavy atom. The Labute approximate surface area is 157 Å². The largest absolute Gasteiger partial charge is 0.525 e. The van der Waals surface area contributed by atoms with Gasteiger partial charge < -0.3 is 18.8 Å². The Morgan fingerprint density at radius 1 is 1.11 bits per heavy atom. The van der Waals surface area contributed by atoms with Crippen LogP contribution in [-0.2, 0) is 9.31 Å². The molecule has 1 saturated heterocycles. The Kier molecular flexibility index (Phi) is 4.23. The summed E-state index contributed by atoms with van der Waals surface area (Å²) in [6.07, 6.45) is 2.89. The summed E-state index contributed by atoms with van der Waals surface area (Å²) in [5.74, 6) is 1.34. The number of aromatic nitrogens is 3. The van der Waals surface area contributed by atoms with Crippen LogP contribution in [0.15, 0.2) is 30.1 Å². The molecule has 7 nitrogen and oxygen atoms in total. The van der Waals surface area contributed by atoms with Crippen LogP contribution in [0.3, 0.4) is 0 Å². The number of ether oxygens (including phenoxy) is 2. The average Bonchev–Trinajstić information content (AvgIpc) is 3.16. The van der Waals surface area contributed by atoms with E-state index < -0.39 is 24.0 Å². The van der Waals surface area contributed by atoms with E-state index in [1.807, 2.05) is 39.8 Å². The molecule has 0 saturated carbocycles. The smallest absolute Gasteiger partial charge is 0.486 e. The first-order valence-corrected chi connectivity index (χ1v) is 8.80. The third-order valence-electron chi connectivity index (χ3n) is 5.07. The van der Waals surface area contributed by atoms with Crippen molar-refractivity contribution in [2.45, 2.75) is 38.9 Å². The van der Waals surface area contributed by atoms with Crippen molar-refractivity contribution in [3.63, 3.8) is 0 Å². The van der Waals surface area contributed by atoms with Crippen molar-refractivity contribution < 1.29 is 23.2 Å². The fourth-order valence-corrected chi connectivity index (χ4v) is 2.81. The van der Waals surface area contributed by atoms with E-state index in [9.17, 15) is 4.39 Å². The molecule has 27 heavy (non-hydrogen) atoms. The van der Waals surface area contributed by atoms with E-state index in [0.717, 1.165) is 5.69 Å². The first-order valence-electron chi connectivity index (χ1n) is 8.80. The molecule has 0 bridgehead atoms. The molecule has 4 rings (SSSR count). The maximum atomic E-state index is 14.6. The van der Waals surface area contributed by atoms with Crippen molar-refractivity contribution in [3.8, 4) is 17.2 Å². The van der Waals surface area contributed by atoms with Crippen LogP contribution in [0.5, 0.6) is 11.5 Å². The van der Waals surface area contributed by atoms with Crippen molar-refractivity contribution in [1.29, 1.82) is 0 Å². The summed E-state index contributed by atoms with van der Waals surface area (Å²) in [6.45, 7) is 8.53. The van der Waals surface area contributed by atoms with Crippen molar-refractivity contribution in [2.24, 2.45) is 0 Å². The standard InChI is InChI=1S/C18H21BFN3O4/c1-17(2)18(3,4)27-19(26-17)16(20)9-12-11-23(22-21-12)13-5-6-14-15(10-13)25-8-7-24-14/h5-6,9-11H,7-8H2,1-4H3. The number of rotatable bonds is 3. The van der Waals surface area contributed by atoms with Crippen molar-refractivity contribution >= 4 is 13.2 Å². The fraction of sp³-hybridized carbons (Fsp3) is 0.444. The normalized spacial score (nSPS) is 20.8. The molecular weight excluding hydrogens is 352 g/mol. The minimum Gasteiger partial charge on any atom is -0.486 e. The number of hydrogen-bond acceptors (Lipinski definition) is 6. The van der Waals surface area contributed by atoms with Gasteiger partial charge in [-0.3, -0.25) is 0 Å². The van der Waals surface area contributed by atoms with Gasteiger partial charge in [-0.05, 0) is 45.9 Å². The lowest BCUT2D eigenvalue weighted by Crippen LogP contribution is -2.41. The molecule has 0 N–H and O–H groups in total. The van der Waals surface area contributed by atoms with Crippen LogP contribution in [0, 0.1) is 0 Å². The Balaban J connectivity index is 1.54. The summed E-state index contributed by atoms with van der Waals surface area (Å²) in [5.41, 5.74) is -0.667. The van der Waals surface area contributed by atoms with Crippen LogP contribution < -0.4 is 9.47 Å². The number of hydrogen-bond donors (Lipinski definition) is 0. The summed E-state index contributed by atoms with van der Waals surface area (Å²) in [4.78, 5) is 0. The predicted molar refractivity (Wildman–Crippen MR) is 97.5 cm³/mol. The zero-order valence-corrected chi connectivity index (χ0v) is 15.7. The molecule has 0 atom stereocenters. The van der Waals surface area contributed by atoms with Gasteiger partial charge in [-0.1, -0.05) is 5.21 Å². The van der Waals surface area contributed by atoms with Gasteiger partial charge in [0, 0.05) is 6.07 Å². The monoisotopic (exact) mass is 373 g/mol. The Morgan fingerprint density at radius 2 is 1.78 bits per heavy atom. The lowest BCUT2D eigenvalue weighted by molar-refractivity contribution is 0.00578. The molecule has 9 heteroatoms. The molecule has 0 amide bonds. The first-order chi connectivity index (χ1) is 12.7. The van der Waals surface area contributed by atoms with E-state index in [2.05, 4.69) is 10.3 Å². The van der Waals surface area contributed by atoms with Gasteiger partial charge in [0.1, 0.15) is 24.6 Å². The van der Waals surface area contributed by atoms with E-state index in [1.54, 1.807) is 16.9 Å². The molecule has 142 valence electrons. The molecule has 1 aromatic heterocycles. The molecule has 0 radical (unpaired) electrons. The molecule has 1 fully saturated rings. The Hall–Kier alpha value is -2.39. The summed E-state index contributed by atoms with van der Waals surface area (Å²) < 4.78 is 38.6. The molecular formula is C18H21BFN3O4. The molecule has 3 heterocycles. The maximum absolute atomic E-state index is 14.6. The number of nitrogens with zero attached hydrogens (tertiary/aromatic N) is 3. The lowest BCUT2D eigenvalue weighted by Gasteiger charge is -2.32. The van der Waals surface area contributed by atoms with Crippen molar-refractivity contribution in [2.75, 3.05) is 13.2 Å². The van der Waals surface area contributed by atoms with E-state index in [1.165, 1.54) is 6.08 Å². The Bertz CT molecular complexity index is 880. The third kappa shape index (κ3) is 3.32. The van der Waals surface area contributed by atoms with Crippen molar-refractivity contribution in [1.82, 2.24) is 15.0 Å². The fourth-order valence-electron chi connectivity index (χ4n) is 2.81. The molecule has 2 aromatic rings. The van der Waals surface area contributed by atoms with E-state index >= 15 is 0 Å². The van der Waals surface area contributed by atoms with E-state index in [0.29, 0.717) is 30.4 Å². The second-order valence-corrected chi connectivity index (χ2v) is 7.53. The van der Waals surface area contributed by atoms with Gasteiger partial charge in [0.25, 0.3) is 0 Å². The highest BCUT2D eigenvalue weighted by Gasteiger charge is 2.53. The maximum Gasteiger partial charge on any atom is 0.525 e. The minimum atomic E-state index is -1.06. The van der Waals surface area contributed by atoms with Crippen LogP contribution >= 0.6 is 0 Å². The van der Waals surface area contributed by atoms with Crippen LogP contribution in [-0.4, -0.2) is 46.5 Å². The molecule has 0 unspecified atom stereocenters. The molecule has 2 aliphatic rings. The highest BCUT2D eigenvalue weighted by atomic mass is 19.1. The third-order valence-corrected chi connectivity index (χ3v) is 5.07. The highest BCUT2D eigenvalue weighted by Crippen LogP contribution is 2.39. The predicted octanol–water partition coefficient (Wildman–Crippen LogP) is 2.98. The molecule has 2 aliphatic heterocycles. The van der Waals surface area contributed by atoms with Gasteiger partial charge in [-0.15, -0.1) is 5.10 Å². The van der Waals surface area contributed by atoms with Gasteiger partial charge in [-0.25, -0.2) is 9.07 Å². The van der Waals surface area contributed by atoms with Gasteiger partial charge in [0.15, 0.2) is 11.5 Å². The topological polar surface area (TPSA) is 67.6 Å². The van der Waals surface area contributed by atoms with Crippen LogP contribution in [0.25, 0.3) is 11.8 Å². The minimum absolute atomic E-state index is 0.358. The quantitative estimate of drug-likeness (QED) is 0.771. The highest BCUT2D eigenvalue weighted by molar-refractivity contribution is 6.54. The lowest BCUT2D eigenvalue weighted by atomic mass is 9.87. The summed E-state index contributed by atoms with van der Waals surface area (Å²) in [6, 6.07) is 5.45. The van der Waals surface area contributed by atoms with E-state index in [4.69, 9.17) is 18.8 Å². The van der Waals surface area contributed by atoms with Gasteiger partial charge in [-0.2, -0.15) is 0 Å².